The van der Waals surface area contributed by atoms with Gasteiger partial charge in [-0.1, -0.05) is 40.0 Å². The summed E-state index contributed by atoms with van der Waals surface area (Å²) in [6, 6.07) is 0.387. The predicted molar refractivity (Wildman–Crippen MR) is 71.7 cm³/mol. The van der Waals surface area contributed by atoms with Gasteiger partial charge in [0.2, 0.25) is 5.91 Å². The van der Waals surface area contributed by atoms with Crippen LogP contribution in [0.25, 0.3) is 0 Å². The van der Waals surface area contributed by atoms with Crippen LogP contribution in [-0.4, -0.2) is 29.1 Å². The second-order valence-corrected chi connectivity index (χ2v) is 5.41. The van der Waals surface area contributed by atoms with Gasteiger partial charge >= 0.3 is 0 Å². The highest BCUT2D eigenvalue weighted by atomic mass is 16.2. The Morgan fingerprint density at radius 1 is 1.35 bits per heavy atom. The van der Waals surface area contributed by atoms with Crippen molar-refractivity contribution in [2.45, 2.75) is 78.6 Å². The third-order valence-corrected chi connectivity index (χ3v) is 4.16. The van der Waals surface area contributed by atoms with Crippen molar-refractivity contribution in [3.05, 3.63) is 0 Å². The molecule has 1 saturated heterocycles. The number of carbonyl (C=O) groups excluding carboxylic acids is 1. The standard InChI is InChI=1S/C14H28N2O/c1-6-8-9-13-14(17)16(12(5)15-13)11(4)10(3)7-2/h10-13,15H,6-9H2,1-5H3. The molecule has 17 heavy (non-hydrogen) atoms. The molecule has 3 heteroatoms. The second-order valence-electron chi connectivity index (χ2n) is 5.41. The highest BCUT2D eigenvalue weighted by Crippen LogP contribution is 2.23. The topological polar surface area (TPSA) is 32.3 Å². The number of hydrogen-bond donors (Lipinski definition) is 1. The Morgan fingerprint density at radius 3 is 2.53 bits per heavy atom. The fourth-order valence-corrected chi connectivity index (χ4v) is 2.60. The molecule has 0 aromatic carbocycles. The molecule has 0 aromatic rings. The number of nitrogens with zero attached hydrogens (tertiary/aromatic N) is 1. The van der Waals surface area contributed by atoms with E-state index in [0.29, 0.717) is 17.9 Å². The van der Waals surface area contributed by atoms with Gasteiger partial charge in [0.15, 0.2) is 0 Å². The van der Waals surface area contributed by atoms with Crippen molar-refractivity contribution in [2.75, 3.05) is 0 Å². The molecule has 1 N–H and O–H groups in total. The first-order valence-electron chi connectivity index (χ1n) is 7.11. The monoisotopic (exact) mass is 240 g/mol. The number of carbonyl (C=O) groups is 1. The number of unbranched alkanes of at least 4 members (excludes halogenated alkanes) is 1. The van der Waals surface area contributed by atoms with Crippen LogP contribution < -0.4 is 5.32 Å². The van der Waals surface area contributed by atoms with E-state index in [4.69, 9.17) is 0 Å². The van der Waals surface area contributed by atoms with E-state index in [1.807, 2.05) is 0 Å². The Hall–Kier alpha value is -0.570. The van der Waals surface area contributed by atoms with Crippen LogP contribution in [0, 0.1) is 5.92 Å². The summed E-state index contributed by atoms with van der Waals surface area (Å²) in [4.78, 5) is 14.4. The van der Waals surface area contributed by atoms with Crippen molar-refractivity contribution < 1.29 is 4.79 Å². The molecule has 1 aliphatic rings. The predicted octanol–water partition coefficient (Wildman–Crippen LogP) is 2.76. The fraction of sp³-hybridized carbons (Fsp3) is 0.929. The summed E-state index contributed by atoms with van der Waals surface area (Å²) < 4.78 is 0. The number of hydrogen-bond acceptors (Lipinski definition) is 2. The van der Waals surface area contributed by atoms with E-state index < -0.39 is 0 Å². The van der Waals surface area contributed by atoms with Crippen LogP contribution in [0.4, 0.5) is 0 Å². The summed E-state index contributed by atoms with van der Waals surface area (Å²) in [6.45, 7) is 10.9. The molecule has 0 radical (unpaired) electrons. The molecule has 1 fully saturated rings. The van der Waals surface area contributed by atoms with Gasteiger partial charge in [-0.25, -0.2) is 0 Å². The maximum absolute atomic E-state index is 12.3. The average Bonchev–Trinajstić information content (AvgIpc) is 2.60. The van der Waals surface area contributed by atoms with Crippen LogP contribution in [0.15, 0.2) is 0 Å². The number of nitrogens with one attached hydrogen (secondary N) is 1. The van der Waals surface area contributed by atoms with Crippen molar-refractivity contribution in [1.82, 2.24) is 10.2 Å². The van der Waals surface area contributed by atoms with E-state index in [2.05, 4.69) is 44.8 Å². The maximum atomic E-state index is 12.3. The van der Waals surface area contributed by atoms with E-state index in [0.717, 1.165) is 25.7 Å². The SMILES string of the molecule is CCCCC1NC(C)N(C(C)C(C)CC)C1=O. The molecule has 1 rings (SSSR count). The summed E-state index contributed by atoms with van der Waals surface area (Å²) >= 11 is 0. The van der Waals surface area contributed by atoms with E-state index in [9.17, 15) is 4.79 Å². The second kappa shape index (κ2) is 6.39. The molecular weight excluding hydrogens is 212 g/mol. The van der Waals surface area contributed by atoms with Gasteiger partial charge in [-0.05, 0) is 26.2 Å². The van der Waals surface area contributed by atoms with Crippen molar-refractivity contribution in [1.29, 1.82) is 0 Å². The summed E-state index contributed by atoms with van der Waals surface area (Å²) in [7, 11) is 0. The molecule has 3 nitrogen and oxygen atoms in total. The maximum Gasteiger partial charge on any atom is 0.241 e. The van der Waals surface area contributed by atoms with E-state index in [1.54, 1.807) is 0 Å². The minimum absolute atomic E-state index is 0.0523. The Morgan fingerprint density at radius 2 is 2.00 bits per heavy atom. The van der Waals surface area contributed by atoms with Gasteiger partial charge in [-0.15, -0.1) is 0 Å². The third kappa shape index (κ3) is 3.21. The number of amides is 1. The van der Waals surface area contributed by atoms with Gasteiger partial charge in [0.05, 0.1) is 12.2 Å². The molecule has 1 amide bonds. The molecule has 1 heterocycles. The smallest absolute Gasteiger partial charge is 0.241 e. The Labute approximate surface area is 106 Å². The van der Waals surface area contributed by atoms with Gasteiger partial charge in [-0.2, -0.15) is 0 Å². The first kappa shape index (κ1) is 14.5. The molecule has 0 aromatic heterocycles. The summed E-state index contributed by atoms with van der Waals surface area (Å²) in [5.74, 6) is 0.867. The molecule has 100 valence electrons. The summed E-state index contributed by atoms with van der Waals surface area (Å²) in [5, 5.41) is 3.42. The van der Waals surface area contributed by atoms with Crippen LogP contribution in [0.3, 0.4) is 0 Å². The van der Waals surface area contributed by atoms with Gasteiger partial charge in [-0.3, -0.25) is 10.1 Å². The lowest BCUT2D eigenvalue weighted by molar-refractivity contribution is -0.132. The Bertz CT molecular complexity index is 255. The van der Waals surface area contributed by atoms with Crippen molar-refractivity contribution >= 4 is 5.91 Å². The first-order chi connectivity index (χ1) is 8.02. The van der Waals surface area contributed by atoms with Gasteiger partial charge in [0.25, 0.3) is 0 Å². The summed E-state index contributed by atoms with van der Waals surface area (Å²) in [6.07, 6.45) is 4.57. The van der Waals surface area contributed by atoms with E-state index >= 15 is 0 Å². The van der Waals surface area contributed by atoms with Crippen LogP contribution >= 0.6 is 0 Å². The first-order valence-corrected chi connectivity index (χ1v) is 7.11. The van der Waals surface area contributed by atoms with Crippen LogP contribution in [0.2, 0.25) is 0 Å². The highest BCUT2D eigenvalue weighted by molar-refractivity contribution is 5.84. The number of rotatable bonds is 6. The Kier molecular flexibility index (Phi) is 5.44. The lowest BCUT2D eigenvalue weighted by Crippen LogP contribution is -2.44. The normalized spacial score (nSPS) is 28.5. The van der Waals surface area contributed by atoms with E-state index in [-0.39, 0.29) is 12.2 Å². The molecule has 0 spiro atoms. The lowest BCUT2D eigenvalue weighted by atomic mass is 9.98. The molecular formula is C14H28N2O. The average molecular weight is 240 g/mol. The minimum atomic E-state index is 0.0523. The molecule has 4 unspecified atom stereocenters. The van der Waals surface area contributed by atoms with Crippen LogP contribution in [0.1, 0.15) is 60.3 Å². The molecule has 1 aliphatic heterocycles. The molecule has 4 atom stereocenters. The minimum Gasteiger partial charge on any atom is -0.323 e. The third-order valence-electron chi connectivity index (χ3n) is 4.16. The molecule has 0 bridgehead atoms. The zero-order valence-corrected chi connectivity index (χ0v) is 12.0. The lowest BCUT2D eigenvalue weighted by Gasteiger charge is -2.32. The van der Waals surface area contributed by atoms with Gasteiger partial charge < -0.3 is 4.90 Å². The highest BCUT2D eigenvalue weighted by Gasteiger charge is 2.39. The fourth-order valence-electron chi connectivity index (χ4n) is 2.60. The van der Waals surface area contributed by atoms with Gasteiger partial charge in [0.1, 0.15) is 0 Å². The van der Waals surface area contributed by atoms with Crippen molar-refractivity contribution in [3.8, 4) is 0 Å². The quantitative estimate of drug-likeness (QED) is 0.774. The zero-order valence-electron chi connectivity index (χ0n) is 12.0. The van der Waals surface area contributed by atoms with Crippen molar-refractivity contribution in [2.24, 2.45) is 5.92 Å². The summed E-state index contributed by atoms with van der Waals surface area (Å²) in [5.41, 5.74) is 0. The molecule has 0 aliphatic carbocycles. The van der Waals surface area contributed by atoms with Crippen LogP contribution in [-0.2, 0) is 4.79 Å². The van der Waals surface area contributed by atoms with Gasteiger partial charge in [0, 0.05) is 6.04 Å². The Balaban J connectivity index is 2.64. The van der Waals surface area contributed by atoms with Crippen molar-refractivity contribution in [3.63, 3.8) is 0 Å². The zero-order chi connectivity index (χ0) is 13.0. The molecule has 0 saturated carbocycles. The van der Waals surface area contributed by atoms with E-state index in [1.165, 1.54) is 0 Å². The van der Waals surface area contributed by atoms with Crippen LogP contribution in [0.5, 0.6) is 0 Å². The largest absolute Gasteiger partial charge is 0.323 e.